The van der Waals surface area contributed by atoms with Crippen molar-refractivity contribution >= 4 is 11.8 Å². The van der Waals surface area contributed by atoms with E-state index in [-0.39, 0.29) is 11.8 Å². The number of nitrogens with one attached hydrogen (secondary N) is 1. The zero-order valence-electron chi connectivity index (χ0n) is 12.3. The largest absolute Gasteiger partial charge is 0.355 e. The predicted molar refractivity (Wildman–Crippen MR) is 78.8 cm³/mol. The van der Waals surface area contributed by atoms with Crippen LogP contribution in [0.4, 0.5) is 0 Å². The minimum absolute atomic E-state index is 0.0847. The Morgan fingerprint density at radius 1 is 1.24 bits per heavy atom. The number of nitrogens with zero attached hydrogens (tertiary/aromatic N) is 3. The smallest absolute Gasteiger partial charge is 0.257 e. The monoisotopic (exact) mass is 286 g/mol. The Morgan fingerprint density at radius 2 is 1.90 bits per heavy atom. The van der Waals surface area contributed by atoms with E-state index in [4.69, 9.17) is 0 Å². The number of hydrogen-bond acceptors (Lipinski definition) is 3. The summed E-state index contributed by atoms with van der Waals surface area (Å²) in [5.74, 6) is -0.209. The topological polar surface area (TPSA) is 67.2 Å². The molecule has 1 heterocycles. The van der Waals surface area contributed by atoms with Crippen molar-refractivity contribution in [1.29, 1.82) is 0 Å². The maximum Gasteiger partial charge on any atom is 0.257 e. The van der Waals surface area contributed by atoms with Crippen LogP contribution >= 0.6 is 0 Å². The predicted octanol–water partition coefficient (Wildman–Crippen LogP) is 1.05. The normalized spacial score (nSPS) is 10.2. The quantitative estimate of drug-likeness (QED) is 0.913. The number of aryl methyl sites for hydroxylation is 1. The van der Waals surface area contributed by atoms with E-state index in [9.17, 15) is 9.59 Å². The van der Waals surface area contributed by atoms with Gasteiger partial charge in [-0.1, -0.05) is 12.1 Å². The van der Waals surface area contributed by atoms with Gasteiger partial charge in [0.05, 0.1) is 11.8 Å². The molecule has 2 aromatic rings. The highest BCUT2D eigenvalue weighted by Crippen LogP contribution is 2.09. The van der Waals surface area contributed by atoms with Crippen molar-refractivity contribution < 1.29 is 9.59 Å². The average Bonchev–Trinajstić information content (AvgIpc) is 2.93. The Bertz CT molecular complexity index is 646. The number of carbonyl (C=O) groups excluding carboxylic acids is 2. The van der Waals surface area contributed by atoms with Gasteiger partial charge in [-0.05, 0) is 17.7 Å². The third-order valence-corrected chi connectivity index (χ3v) is 3.16. The van der Waals surface area contributed by atoms with Gasteiger partial charge in [0.25, 0.3) is 11.8 Å². The minimum atomic E-state index is -0.124. The van der Waals surface area contributed by atoms with Crippen LogP contribution in [0.1, 0.15) is 26.3 Å². The molecule has 2 rings (SSSR count). The van der Waals surface area contributed by atoms with E-state index in [1.54, 1.807) is 55.3 Å². The first-order chi connectivity index (χ1) is 10.0. The lowest BCUT2D eigenvalue weighted by molar-refractivity contribution is 0.0784. The van der Waals surface area contributed by atoms with E-state index in [0.717, 1.165) is 5.56 Å². The van der Waals surface area contributed by atoms with Crippen LogP contribution < -0.4 is 5.32 Å². The zero-order chi connectivity index (χ0) is 15.4. The van der Waals surface area contributed by atoms with Gasteiger partial charge in [-0.15, -0.1) is 0 Å². The number of benzene rings is 1. The van der Waals surface area contributed by atoms with Crippen molar-refractivity contribution in [3.63, 3.8) is 0 Å². The van der Waals surface area contributed by atoms with Gasteiger partial charge >= 0.3 is 0 Å². The molecule has 6 nitrogen and oxygen atoms in total. The van der Waals surface area contributed by atoms with Gasteiger partial charge < -0.3 is 10.2 Å². The molecule has 1 N–H and O–H groups in total. The summed E-state index contributed by atoms with van der Waals surface area (Å²) in [7, 11) is 5.10. The lowest BCUT2D eigenvalue weighted by Gasteiger charge is -2.16. The molecule has 2 amide bonds. The standard InChI is InChI=1S/C15H18N4O2/c1-16-14(20)12-6-4-11(5-7-12)9-18(2)15(21)13-8-17-19(3)10-13/h4-8,10H,9H2,1-3H3,(H,16,20). The average molecular weight is 286 g/mol. The summed E-state index contributed by atoms with van der Waals surface area (Å²) in [4.78, 5) is 25.3. The van der Waals surface area contributed by atoms with Crippen molar-refractivity contribution in [3.05, 3.63) is 53.3 Å². The molecule has 0 radical (unpaired) electrons. The van der Waals surface area contributed by atoms with E-state index >= 15 is 0 Å². The minimum Gasteiger partial charge on any atom is -0.355 e. The van der Waals surface area contributed by atoms with Gasteiger partial charge in [0.1, 0.15) is 0 Å². The molecular weight excluding hydrogens is 268 g/mol. The Hall–Kier alpha value is -2.63. The molecular formula is C15H18N4O2. The van der Waals surface area contributed by atoms with Gasteiger partial charge in [0, 0.05) is 39.4 Å². The van der Waals surface area contributed by atoms with Gasteiger partial charge in [-0.3, -0.25) is 14.3 Å². The second kappa shape index (κ2) is 6.21. The fourth-order valence-electron chi connectivity index (χ4n) is 2.00. The van der Waals surface area contributed by atoms with Gasteiger partial charge in [-0.25, -0.2) is 0 Å². The number of rotatable bonds is 4. The first-order valence-electron chi connectivity index (χ1n) is 6.56. The second-order valence-corrected chi connectivity index (χ2v) is 4.84. The lowest BCUT2D eigenvalue weighted by Crippen LogP contribution is -2.26. The first kappa shape index (κ1) is 14.8. The Labute approximate surface area is 123 Å². The molecule has 0 atom stereocenters. The summed E-state index contributed by atoms with van der Waals surface area (Å²) in [6.45, 7) is 0.474. The number of aromatic nitrogens is 2. The fourth-order valence-corrected chi connectivity index (χ4v) is 2.00. The highest BCUT2D eigenvalue weighted by atomic mass is 16.2. The van der Waals surface area contributed by atoms with Crippen molar-refractivity contribution in [2.45, 2.75) is 6.54 Å². The molecule has 0 spiro atoms. The maximum atomic E-state index is 12.2. The third-order valence-electron chi connectivity index (χ3n) is 3.16. The van der Waals surface area contributed by atoms with E-state index in [1.807, 2.05) is 12.1 Å². The van der Waals surface area contributed by atoms with Crippen LogP contribution in [0.3, 0.4) is 0 Å². The van der Waals surface area contributed by atoms with Gasteiger partial charge in [0.2, 0.25) is 0 Å². The Balaban J connectivity index is 2.04. The van der Waals surface area contributed by atoms with Crippen LogP contribution in [0.5, 0.6) is 0 Å². The van der Waals surface area contributed by atoms with Crippen LogP contribution in [-0.4, -0.2) is 40.6 Å². The van der Waals surface area contributed by atoms with E-state index < -0.39 is 0 Å². The van der Waals surface area contributed by atoms with Crippen LogP contribution in [0, 0.1) is 0 Å². The molecule has 0 aliphatic rings. The molecule has 1 aromatic heterocycles. The molecule has 0 unspecified atom stereocenters. The van der Waals surface area contributed by atoms with Crippen LogP contribution in [-0.2, 0) is 13.6 Å². The molecule has 1 aromatic carbocycles. The Kier molecular flexibility index (Phi) is 4.37. The molecule has 0 aliphatic heterocycles. The highest BCUT2D eigenvalue weighted by Gasteiger charge is 2.13. The molecule has 21 heavy (non-hydrogen) atoms. The highest BCUT2D eigenvalue weighted by molar-refractivity contribution is 5.94. The second-order valence-electron chi connectivity index (χ2n) is 4.84. The molecule has 0 saturated carbocycles. The zero-order valence-corrected chi connectivity index (χ0v) is 12.3. The van der Waals surface area contributed by atoms with E-state index in [2.05, 4.69) is 10.4 Å². The summed E-state index contributed by atoms with van der Waals surface area (Å²) in [6.07, 6.45) is 3.24. The molecule has 110 valence electrons. The van der Waals surface area contributed by atoms with Crippen LogP contribution in [0.15, 0.2) is 36.7 Å². The van der Waals surface area contributed by atoms with Gasteiger partial charge in [0.15, 0.2) is 0 Å². The summed E-state index contributed by atoms with van der Waals surface area (Å²) < 4.78 is 1.60. The van der Waals surface area contributed by atoms with Crippen molar-refractivity contribution in [2.75, 3.05) is 14.1 Å². The third kappa shape index (κ3) is 3.47. The summed E-state index contributed by atoms with van der Waals surface area (Å²) >= 11 is 0. The number of amides is 2. The van der Waals surface area contributed by atoms with Crippen LogP contribution in [0.25, 0.3) is 0 Å². The summed E-state index contributed by atoms with van der Waals surface area (Å²) in [5.41, 5.74) is 2.12. The SMILES string of the molecule is CNC(=O)c1ccc(CN(C)C(=O)c2cnn(C)c2)cc1. The van der Waals surface area contributed by atoms with E-state index in [0.29, 0.717) is 17.7 Å². The molecule has 0 aliphatic carbocycles. The van der Waals surface area contributed by atoms with Crippen LogP contribution in [0.2, 0.25) is 0 Å². The van der Waals surface area contributed by atoms with Gasteiger partial charge in [-0.2, -0.15) is 5.10 Å². The maximum absolute atomic E-state index is 12.2. The summed E-state index contributed by atoms with van der Waals surface area (Å²) in [6, 6.07) is 7.18. The van der Waals surface area contributed by atoms with Crippen molar-refractivity contribution in [1.82, 2.24) is 20.0 Å². The van der Waals surface area contributed by atoms with Crippen molar-refractivity contribution in [3.8, 4) is 0 Å². The molecule has 0 bridgehead atoms. The molecule has 0 fully saturated rings. The number of hydrogen-bond donors (Lipinski definition) is 1. The fraction of sp³-hybridized carbons (Fsp3) is 0.267. The Morgan fingerprint density at radius 3 is 2.43 bits per heavy atom. The number of carbonyl (C=O) groups is 2. The molecule has 0 saturated heterocycles. The lowest BCUT2D eigenvalue weighted by atomic mass is 10.1. The summed E-state index contributed by atoms with van der Waals surface area (Å²) in [5, 5.41) is 6.56. The molecule has 6 heteroatoms. The van der Waals surface area contributed by atoms with Crippen molar-refractivity contribution in [2.24, 2.45) is 7.05 Å². The first-order valence-corrected chi connectivity index (χ1v) is 6.56. The van der Waals surface area contributed by atoms with E-state index in [1.165, 1.54) is 0 Å².